The molecular formula is C17H26Cl2N6O2. The molecule has 2 aromatic heterocycles. The van der Waals surface area contributed by atoms with E-state index in [1.165, 1.54) is 0 Å². The minimum Gasteiger partial charge on any atom is -0.345 e. The molecule has 0 spiro atoms. The highest BCUT2D eigenvalue weighted by Gasteiger charge is 2.21. The lowest BCUT2D eigenvalue weighted by atomic mass is 10.1. The SMILES string of the molecule is CNC(C(=O)NCC(=O)N(C)CCc1ccccn1)c1cnn(C)c1.Cl.Cl. The van der Waals surface area contributed by atoms with Crippen LogP contribution >= 0.6 is 24.8 Å². The number of aromatic nitrogens is 3. The van der Waals surface area contributed by atoms with Gasteiger partial charge in [0.05, 0.1) is 12.7 Å². The maximum absolute atomic E-state index is 12.3. The molecular weight excluding hydrogens is 391 g/mol. The van der Waals surface area contributed by atoms with Crippen molar-refractivity contribution in [3.05, 3.63) is 48.0 Å². The zero-order chi connectivity index (χ0) is 18.2. The third-order valence-electron chi connectivity index (χ3n) is 3.88. The van der Waals surface area contributed by atoms with E-state index in [2.05, 4.69) is 20.7 Å². The summed E-state index contributed by atoms with van der Waals surface area (Å²) >= 11 is 0. The zero-order valence-corrected chi connectivity index (χ0v) is 17.2. The van der Waals surface area contributed by atoms with E-state index in [1.807, 2.05) is 18.2 Å². The van der Waals surface area contributed by atoms with Gasteiger partial charge >= 0.3 is 0 Å². The fourth-order valence-electron chi connectivity index (χ4n) is 2.39. The molecule has 150 valence electrons. The van der Waals surface area contributed by atoms with E-state index < -0.39 is 6.04 Å². The van der Waals surface area contributed by atoms with E-state index in [4.69, 9.17) is 0 Å². The number of aryl methyl sites for hydroxylation is 1. The van der Waals surface area contributed by atoms with Crippen molar-refractivity contribution in [1.82, 2.24) is 30.3 Å². The Morgan fingerprint density at radius 3 is 2.59 bits per heavy atom. The fourth-order valence-corrected chi connectivity index (χ4v) is 2.39. The molecule has 8 nitrogen and oxygen atoms in total. The van der Waals surface area contributed by atoms with Crippen molar-refractivity contribution in [2.75, 3.05) is 27.2 Å². The third kappa shape index (κ3) is 7.54. The second-order valence-electron chi connectivity index (χ2n) is 5.77. The average Bonchev–Trinajstić information content (AvgIpc) is 3.05. The van der Waals surface area contributed by atoms with E-state index in [-0.39, 0.29) is 43.2 Å². The van der Waals surface area contributed by atoms with E-state index in [0.29, 0.717) is 13.0 Å². The Morgan fingerprint density at radius 1 is 1.30 bits per heavy atom. The maximum Gasteiger partial charge on any atom is 0.242 e. The topological polar surface area (TPSA) is 92.2 Å². The first-order valence-corrected chi connectivity index (χ1v) is 8.08. The normalized spacial score (nSPS) is 10.9. The van der Waals surface area contributed by atoms with E-state index in [9.17, 15) is 9.59 Å². The second kappa shape index (κ2) is 12.3. The lowest BCUT2D eigenvalue weighted by Crippen LogP contribution is -2.42. The van der Waals surface area contributed by atoms with Gasteiger partial charge in [-0.1, -0.05) is 6.07 Å². The number of carbonyl (C=O) groups excluding carboxylic acids is 2. The Kier molecular flexibility index (Phi) is 11.3. The van der Waals surface area contributed by atoms with E-state index >= 15 is 0 Å². The molecule has 0 aliphatic rings. The zero-order valence-electron chi connectivity index (χ0n) is 15.6. The van der Waals surface area contributed by atoms with Crippen LogP contribution < -0.4 is 10.6 Å². The summed E-state index contributed by atoms with van der Waals surface area (Å²) in [5.41, 5.74) is 1.68. The predicted molar refractivity (Wildman–Crippen MR) is 108 cm³/mol. The molecule has 1 atom stereocenters. The number of carbonyl (C=O) groups is 2. The molecule has 0 radical (unpaired) electrons. The molecule has 27 heavy (non-hydrogen) atoms. The van der Waals surface area contributed by atoms with Gasteiger partial charge in [0, 0.05) is 50.7 Å². The van der Waals surface area contributed by atoms with Gasteiger partial charge in [0.2, 0.25) is 11.8 Å². The molecule has 0 bridgehead atoms. The van der Waals surface area contributed by atoms with Crippen molar-refractivity contribution in [3.8, 4) is 0 Å². The lowest BCUT2D eigenvalue weighted by Gasteiger charge is -2.19. The molecule has 2 aromatic rings. The van der Waals surface area contributed by atoms with Crippen LogP contribution in [0.1, 0.15) is 17.3 Å². The Labute approximate surface area is 171 Å². The standard InChI is InChI=1S/C17H24N6O2.2ClH/c1-18-16(13-10-21-23(3)12-13)17(25)20-11-15(24)22(2)9-7-14-6-4-5-8-19-14;;/h4-6,8,10,12,16,18H,7,9,11H2,1-3H3,(H,20,25);2*1H. The Hall–Kier alpha value is -2.16. The second-order valence-corrected chi connectivity index (χ2v) is 5.77. The van der Waals surface area contributed by atoms with Crippen LogP contribution in [0.5, 0.6) is 0 Å². The highest BCUT2D eigenvalue weighted by atomic mass is 35.5. The van der Waals surface area contributed by atoms with Gasteiger partial charge in [0.15, 0.2) is 0 Å². The summed E-state index contributed by atoms with van der Waals surface area (Å²) < 4.78 is 1.63. The van der Waals surface area contributed by atoms with Crippen molar-refractivity contribution in [3.63, 3.8) is 0 Å². The molecule has 2 amide bonds. The van der Waals surface area contributed by atoms with Crippen molar-refractivity contribution >= 4 is 36.6 Å². The summed E-state index contributed by atoms with van der Waals surface area (Å²) in [4.78, 5) is 30.3. The monoisotopic (exact) mass is 416 g/mol. The molecule has 2 rings (SSSR count). The molecule has 10 heteroatoms. The number of amides is 2. The molecule has 1 unspecified atom stereocenters. The molecule has 0 fully saturated rings. The minimum absolute atomic E-state index is 0. The Balaban J connectivity index is 0.00000338. The molecule has 0 saturated carbocycles. The molecule has 0 aliphatic carbocycles. The first kappa shape index (κ1) is 24.8. The van der Waals surface area contributed by atoms with Crippen molar-refractivity contribution in [2.45, 2.75) is 12.5 Å². The van der Waals surface area contributed by atoms with E-state index in [1.54, 1.807) is 49.3 Å². The van der Waals surface area contributed by atoms with Gasteiger partial charge in [-0.3, -0.25) is 19.3 Å². The summed E-state index contributed by atoms with van der Waals surface area (Å²) in [7, 11) is 5.19. The van der Waals surface area contributed by atoms with Crippen LogP contribution in [0.25, 0.3) is 0 Å². The Morgan fingerprint density at radius 2 is 2.04 bits per heavy atom. The highest BCUT2D eigenvalue weighted by molar-refractivity contribution is 5.88. The summed E-state index contributed by atoms with van der Waals surface area (Å²) in [5, 5.41) is 9.67. The molecule has 0 aromatic carbocycles. The van der Waals surface area contributed by atoms with Gasteiger partial charge in [-0.05, 0) is 19.2 Å². The maximum atomic E-state index is 12.3. The van der Waals surface area contributed by atoms with Crippen molar-refractivity contribution < 1.29 is 9.59 Å². The van der Waals surface area contributed by atoms with E-state index in [0.717, 1.165) is 11.3 Å². The van der Waals surface area contributed by atoms with Gasteiger partial charge in [0.25, 0.3) is 0 Å². The number of halogens is 2. The van der Waals surface area contributed by atoms with Crippen LogP contribution in [0.4, 0.5) is 0 Å². The number of nitrogens with zero attached hydrogens (tertiary/aromatic N) is 4. The number of hydrogen-bond donors (Lipinski definition) is 2. The summed E-state index contributed by atoms with van der Waals surface area (Å²) in [6.45, 7) is 0.500. The number of nitrogens with one attached hydrogen (secondary N) is 2. The van der Waals surface area contributed by atoms with Crippen LogP contribution in [0.15, 0.2) is 36.8 Å². The molecule has 2 N–H and O–H groups in total. The third-order valence-corrected chi connectivity index (χ3v) is 3.88. The van der Waals surface area contributed by atoms with Gasteiger partial charge < -0.3 is 15.5 Å². The number of hydrogen-bond acceptors (Lipinski definition) is 5. The molecule has 0 aliphatic heterocycles. The molecule has 2 heterocycles. The largest absolute Gasteiger partial charge is 0.345 e. The summed E-state index contributed by atoms with van der Waals surface area (Å²) in [6.07, 6.45) is 5.79. The van der Waals surface area contributed by atoms with Crippen LogP contribution in [-0.4, -0.2) is 58.7 Å². The summed E-state index contributed by atoms with van der Waals surface area (Å²) in [5.74, 6) is -0.410. The highest BCUT2D eigenvalue weighted by Crippen LogP contribution is 2.10. The van der Waals surface area contributed by atoms with Gasteiger partial charge in [-0.2, -0.15) is 5.10 Å². The number of rotatable bonds is 8. The first-order valence-electron chi connectivity index (χ1n) is 8.08. The Bertz CT molecular complexity index is 710. The van der Waals surface area contributed by atoms with Crippen LogP contribution in [0.3, 0.4) is 0 Å². The average molecular weight is 417 g/mol. The fraction of sp³-hybridized carbons (Fsp3) is 0.412. The van der Waals surface area contributed by atoms with Crippen LogP contribution in [0.2, 0.25) is 0 Å². The van der Waals surface area contributed by atoms with Crippen LogP contribution in [-0.2, 0) is 23.1 Å². The number of pyridine rings is 1. The van der Waals surface area contributed by atoms with Crippen molar-refractivity contribution in [2.24, 2.45) is 7.05 Å². The summed E-state index contributed by atoms with van der Waals surface area (Å²) in [6, 6.07) is 5.15. The minimum atomic E-state index is -0.541. The van der Waals surface area contributed by atoms with Crippen molar-refractivity contribution in [1.29, 1.82) is 0 Å². The predicted octanol–water partition coefficient (Wildman–Crippen LogP) is 0.737. The van der Waals surface area contributed by atoms with Gasteiger partial charge in [-0.15, -0.1) is 24.8 Å². The first-order chi connectivity index (χ1) is 12.0. The molecule has 0 saturated heterocycles. The smallest absolute Gasteiger partial charge is 0.242 e. The van der Waals surface area contributed by atoms with Crippen LogP contribution in [0, 0.1) is 0 Å². The van der Waals surface area contributed by atoms with Gasteiger partial charge in [-0.25, -0.2) is 0 Å². The lowest BCUT2D eigenvalue weighted by molar-refractivity contribution is -0.132. The quantitative estimate of drug-likeness (QED) is 0.661. The van der Waals surface area contributed by atoms with Gasteiger partial charge in [0.1, 0.15) is 6.04 Å². The number of likely N-dealkylation sites (N-methyl/N-ethyl adjacent to an activating group) is 2.